The minimum Gasteiger partial charge on any atom is -0.310 e. The summed E-state index contributed by atoms with van der Waals surface area (Å²) in [7, 11) is 0. The molecule has 3 heteroatoms. The van der Waals surface area contributed by atoms with E-state index >= 15 is 0 Å². The quantitative estimate of drug-likeness (QED) is 0.449. The van der Waals surface area contributed by atoms with E-state index in [0.29, 0.717) is 10.8 Å². The van der Waals surface area contributed by atoms with Gasteiger partial charge in [0.05, 0.1) is 0 Å². The lowest BCUT2D eigenvalue weighted by Gasteiger charge is -2.53. The van der Waals surface area contributed by atoms with Crippen LogP contribution in [0.5, 0.6) is 0 Å². The Morgan fingerprint density at radius 1 is 0.960 bits per heavy atom. The van der Waals surface area contributed by atoms with E-state index in [2.05, 4.69) is 25.0 Å². The Morgan fingerprint density at radius 3 is 2.16 bits per heavy atom. The van der Waals surface area contributed by atoms with Crippen LogP contribution in [0.1, 0.15) is 103 Å². The highest BCUT2D eigenvalue weighted by atomic mass is 15.3. The van der Waals surface area contributed by atoms with Crippen molar-refractivity contribution in [1.82, 2.24) is 14.8 Å². The summed E-state index contributed by atoms with van der Waals surface area (Å²) in [5.74, 6) is 2.51. The average Bonchev–Trinajstić information content (AvgIpc) is 3.23. The molecule has 138 valence electrons. The van der Waals surface area contributed by atoms with Crippen molar-refractivity contribution < 1.29 is 0 Å². The highest BCUT2D eigenvalue weighted by Crippen LogP contribution is 2.59. The zero-order valence-electron chi connectivity index (χ0n) is 16.3. The highest BCUT2D eigenvalue weighted by molar-refractivity contribution is 5.23. The van der Waals surface area contributed by atoms with E-state index < -0.39 is 0 Å². The molecule has 1 heterocycles. The molecule has 0 spiro atoms. The molecule has 4 aliphatic rings. The van der Waals surface area contributed by atoms with Gasteiger partial charge in [0.15, 0.2) is 0 Å². The van der Waals surface area contributed by atoms with E-state index in [1.165, 1.54) is 88.7 Å². The van der Waals surface area contributed by atoms with Gasteiger partial charge in [-0.3, -0.25) is 0 Å². The van der Waals surface area contributed by atoms with Crippen LogP contribution in [0.25, 0.3) is 0 Å². The summed E-state index contributed by atoms with van der Waals surface area (Å²) in [5.41, 5.74) is 1.23. The van der Waals surface area contributed by atoms with Crippen LogP contribution in [0, 0.1) is 5.41 Å². The van der Waals surface area contributed by atoms with Gasteiger partial charge >= 0.3 is 0 Å². The predicted octanol–water partition coefficient (Wildman–Crippen LogP) is 5.69. The van der Waals surface area contributed by atoms with Crippen molar-refractivity contribution in [3.05, 3.63) is 24.3 Å². The fourth-order valence-electron chi connectivity index (χ4n) is 5.58. The summed E-state index contributed by atoms with van der Waals surface area (Å²) in [6, 6.07) is 0. The number of hydrogen-bond acceptors (Lipinski definition) is 2. The van der Waals surface area contributed by atoms with Crippen LogP contribution in [-0.2, 0) is 17.4 Å². The molecule has 0 aromatic carbocycles. The second-order valence-corrected chi connectivity index (χ2v) is 9.54. The molecule has 0 saturated heterocycles. The van der Waals surface area contributed by atoms with Gasteiger partial charge in [-0.25, -0.2) is 0 Å². The standard InChI is InChI=1S/C22H35N3/c1-4-6-7-8-21-11-14-22(15-12-21,16-13-21)19-24-23-18(20(3)9-10-20)25(19)17-5-2/h5H,2,4,6-17H2,1,3H3. The number of nitrogens with zero attached hydrogens (tertiary/aromatic N) is 3. The van der Waals surface area contributed by atoms with Crippen molar-refractivity contribution in [3.63, 3.8) is 0 Å². The Balaban J connectivity index is 1.56. The van der Waals surface area contributed by atoms with Crippen LogP contribution in [-0.4, -0.2) is 14.8 Å². The largest absolute Gasteiger partial charge is 0.310 e. The fourth-order valence-corrected chi connectivity index (χ4v) is 5.58. The van der Waals surface area contributed by atoms with E-state index in [1.54, 1.807) is 0 Å². The molecule has 0 radical (unpaired) electrons. The average molecular weight is 342 g/mol. The van der Waals surface area contributed by atoms with Crippen molar-refractivity contribution in [2.75, 3.05) is 0 Å². The number of aromatic nitrogens is 3. The van der Waals surface area contributed by atoms with Crippen molar-refractivity contribution in [3.8, 4) is 0 Å². The second kappa shape index (κ2) is 6.25. The molecule has 0 unspecified atom stereocenters. The topological polar surface area (TPSA) is 30.7 Å². The Labute approximate surface area is 153 Å². The molecule has 25 heavy (non-hydrogen) atoms. The SMILES string of the molecule is C=CCn1c(C2(C)CC2)nnc1C12CCC(CCCCC)(CC1)CC2. The van der Waals surface area contributed by atoms with Gasteiger partial charge in [0.2, 0.25) is 0 Å². The molecule has 3 nitrogen and oxygen atoms in total. The Hall–Kier alpha value is -1.12. The fraction of sp³-hybridized carbons (Fsp3) is 0.818. The van der Waals surface area contributed by atoms with Crippen molar-refractivity contribution in [2.45, 2.75) is 108 Å². The van der Waals surface area contributed by atoms with Gasteiger partial charge in [0.25, 0.3) is 0 Å². The Bertz CT molecular complexity index is 613. The molecule has 5 rings (SSSR count). The monoisotopic (exact) mass is 341 g/mol. The molecule has 2 bridgehead atoms. The third-order valence-corrected chi connectivity index (χ3v) is 7.79. The van der Waals surface area contributed by atoms with Crippen LogP contribution in [0.4, 0.5) is 0 Å². The van der Waals surface area contributed by atoms with E-state index in [4.69, 9.17) is 10.2 Å². The lowest BCUT2D eigenvalue weighted by molar-refractivity contribution is 0.0246. The predicted molar refractivity (Wildman–Crippen MR) is 103 cm³/mol. The van der Waals surface area contributed by atoms with Gasteiger partial charge in [-0.05, 0) is 63.2 Å². The van der Waals surface area contributed by atoms with Gasteiger partial charge in [-0.2, -0.15) is 0 Å². The number of rotatable bonds is 8. The molecule has 4 aliphatic carbocycles. The van der Waals surface area contributed by atoms with E-state index in [0.717, 1.165) is 6.54 Å². The van der Waals surface area contributed by atoms with E-state index in [9.17, 15) is 0 Å². The summed E-state index contributed by atoms with van der Waals surface area (Å²) in [4.78, 5) is 0. The number of allylic oxidation sites excluding steroid dienone is 1. The van der Waals surface area contributed by atoms with Gasteiger partial charge in [0.1, 0.15) is 11.6 Å². The summed E-state index contributed by atoms with van der Waals surface area (Å²) in [5, 5.41) is 9.49. The summed E-state index contributed by atoms with van der Waals surface area (Å²) in [6.07, 6.45) is 18.4. The molecule has 0 N–H and O–H groups in total. The van der Waals surface area contributed by atoms with Crippen LogP contribution in [0.3, 0.4) is 0 Å². The smallest absolute Gasteiger partial charge is 0.139 e. The zero-order chi connectivity index (χ0) is 17.5. The second-order valence-electron chi connectivity index (χ2n) is 9.54. The number of unbranched alkanes of at least 4 members (excludes halogenated alkanes) is 2. The maximum absolute atomic E-state index is 4.80. The first-order valence-corrected chi connectivity index (χ1v) is 10.6. The highest BCUT2D eigenvalue weighted by Gasteiger charge is 2.52. The molecule has 1 aromatic rings. The lowest BCUT2D eigenvalue weighted by atomic mass is 9.52. The molecular weight excluding hydrogens is 306 g/mol. The Morgan fingerprint density at radius 2 is 1.60 bits per heavy atom. The minimum absolute atomic E-state index is 0.276. The van der Waals surface area contributed by atoms with Gasteiger partial charge in [0, 0.05) is 17.4 Å². The maximum atomic E-state index is 4.80. The van der Waals surface area contributed by atoms with Gasteiger partial charge < -0.3 is 4.57 Å². The molecule has 4 fully saturated rings. The summed E-state index contributed by atoms with van der Waals surface area (Å²) >= 11 is 0. The molecule has 0 aliphatic heterocycles. The zero-order valence-corrected chi connectivity index (χ0v) is 16.3. The molecule has 1 aromatic heterocycles. The molecular formula is C22H35N3. The summed E-state index contributed by atoms with van der Waals surface area (Å²) in [6.45, 7) is 9.53. The first-order valence-electron chi connectivity index (χ1n) is 10.6. The van der Waals surface area contributed by atoms with Crippen LogP contribution >= 0.6 is 0 Å². The van der Waals surface area contributed by atoms with Crippen LogP contribution in [0.2, 0.25) is 0 Å². The lowest BCUT2D eigenvalue weighted by Crippen LogP contribution is -2.45. The Kier molecular flexibility index (Phi) is 4.32. The van der Waals surface area contributed by atoms with E-state index in [-0.39, 0.29) is 5.41 Å². The van der Waals surface area contributed by atoms with Gasteiger partial charge in [-0.15, -0.1) is 16.8 Å². The van der Waals surface area contributed by atoms with Crippen molar-refractivity contribution >= 4 is 0 Å². The molecule has 0 atom stereocenters. The maximum Gasteiger partial charge on any atom is 0.139 e. The van der Waals surface area contributed by atoms with Crippen LogP contribution < -0.4 is 0 Å². The summed E-state index contributed by atoms with van der Waals surface area (Å²) < 4.78 is 2.44. The number of fused-ring (bicyclic) bond motifs is 3. The van der Waals surface area contributed by atoms with Gasteiger partial charge in [-0.1, -0.05) is 39.2 Å². The normalized spacial score (nSPS) is 32.7. The van der Waals surface area contributed by atoms with Crippen molar-refractivity contribution in [1.29, 1.82) is 0 Å². The third-order valence-electron chi connectivity index (χ3n) is 7.79. The first-order chi connectivity index (χ1) is 12.1. The first kappa shape index (κ1) is 17.3. The molecule has 4 saturated carbocycles. The van der Waals surface area contributed by atoms with E-state index in [1.807, 2.05) is 6.08 Å². The minimum atomic E-state index is 0.276. The number of hydrogen-bond donors (Lipinski definition) is 0. The third kappa shape index (κ3) is 2.88. The molecule has 0 amide bonds. The van der Waals surface area contributed by atoms with Crippen LogP contribution in [0.15, 0.2) is 12.7 Å². The van der Waals surface area contributed by atoms with Crippen molar-refractivity contribution in [2.24, 2.45) is 5.41 Å².